The summed E-state index contributed by atoms with van der Waals surface area (Å²) in [5, 5.41) is 8.57. The van der Waals surface area contributed by atoms with Gasteiger partial charge in [-0.25, -0.2) is 0 Å². The van der Waals surface area contributed by atoms with Crippen molar-refractivity contribution in [2.24, 2.45) is 0 Å². The number of rotatable bonds is 3. The van der Waals surface area contributed by atoms with E-state index in [9.17, 15) is 0 Å². The fourth-order valence-corrected chi connectivity index (χ4v) is 0.724. The maximum absolute atomic E-state index is 8.57. The van der Waals surface area contributed by atoms with E-state index in [-0.39, 0.29) is 12.6 Å². The van der Waals surface area contributed by atoms with Crippen molar-refractivity contribution in [2.45, 2.75) is 6.04 Å². The predicted molar refractivity (Wildman–Crippen MR) is 35.3 cm³/mol. The third kappa shape index (κ3) is 2.50. The van der Waals surface area contributed by atoms with E-state index in [1.807, 2.05) is 19.0 Å². The molecule has 1 N–H and O–H groups in total. The van der Waals surface area contributed by atoms with Gasteiger partial charge in [0.2, 0.25) is 0 Å². The van der Waals surface area contributed by atoms with Gasteiger partial charge in [-0.1, -0.05) is 0 Å². The minimum atomic E-state index is 0.108. The van der Waals surface area contributed by atoms with Gasteiger partial charge in [0.1, 0.15) is 0 Å². The van der Waals surface area contributed by atoms with E-state index < -0.39 is 0 Å². The molecule has 0 aliphatic carbocycles. The highest BCUT2D eigenvalue weighted by Crippen LogP contribution is 1.93. The van der Waals surface area contributed by atoms with Crippen LogP contribution in [0.4, 0.5) is 0 Å². The zero-order chi connectivity index (χ0) is 6.57. The molecule has 3 heteroatoms. The standard InChI is InChI=1S/C5H12ClNO/c1-7(2)5(3-6)4-8/h5,8H,3-4H2,1-2H3. The quantitative estimate of drug-likeness (QED) is 0.560. The minimum Gasteiger partial charge on any atom is -0.395 e. The third-order valence-electron chi connectivity index (χ3n) is 1.12. The van der Waals surface area contributed by atoms with Gasteiger partial charge in [0.15, 0.2) is 0 Å². The van der Waals surface area contributed by atoms with E-state index in [1.54, 1.807) is 0 Å². The second-order valence-corrected chi connectivity index (χ2v) is 2.26. The number of alkyl halides is 1. The van der Waals surface area contributed by atoms with Crippen LogP contribution in [0, 0.1) is 0 Å². The summed E-state index contributed by atoms with van der Waals surface area (Å²) in [7, 11) is 3.78. The Labute approximate surface area is 55.1 Å². The van der Waals surface area contributed by atoms with Crippen LogP contribution in [0.2, 0.25) is 0 Å². The molecule has 0 fully saturated rings. The van der Waals surface area contributed by atoms with Crippen LogP contribution in [0.1, 0.15) is 0 Å². The number of aliphatic hydroxyl groups is 1. The second-order valence-electron chi connectivity index (χ2n) is 1.95. The Morgan fingerprint density at radius 3 is 2.12 bits per heavy atom. The van der Waals surface area contributed by atoms with Crippen LogP contribution in [-0.2, 0) is 0 Å². The largest absolute Gasteiger partial charge is 0.395 e. The molecule has 0 amide bonds. The lowest BCUT2D eigenvalue weighted by molar-refractivity contribution is 0.184. The van der Waals surface area contributed by atoms with Crippen molar-refractivity contribution in [3.05, 3.63) is 0 Å². The molecule has 0 heterocycles. The molecule has 1 atom stereocenters. The Balaban J connectivity index is 3.35. The summed E-state index contributed by atoms with van der Waals surface area (Å²) in [6.07, 6.45) is 0. The molecule has 1 unspecified atom stereocenters. The summed E-state index contributed by atoms with van der Waals surface area (Å²) in [4.78, 5) is 1.90. The molecule has 0 saturated heterocycles. The van der Waals surface area contributed by atoms with Crippen LogP contribution in [0.3, 0.4) is 0 Å². The number of aliphatic hydroxyl groups excluding tert-OH is 1. The highest BCUT2D eigenvalue weighted by molar-refractivity contribution is 6.18. The molecule has 8 heavy (non-hydrogen) atoms. The summed E-state index contributed by atoms with van der Waals surface area (Å²) >= 11 is 5.46. The summed E-state index contributed by atoms with van der Waals surface area (Å²) in [5.41, 5.74) is 0. The van der Waals surface area contributed by atoms with Crippen molar-refractivity contribution in [3.8, 4) is 0 Å². The van der Waals surface area contributed by atoms with Crippen LogP contribution in [-0.4, -0.2) is 42.6 Å². The van der Waals surface area contributed by atoms with Crippen LogP contribution in [0.5, 0.6) is 0 Å². The van der Waals surface area contributed by atoms with Gasteiger partial charge in [-0.15, -0.1) is 11.6 Å². The molecule has 2 nitrogen and oxygen atoms in total. The van der Waals surface area contributed by atoms with Crippen molar-refractivity contribution in [1.82, 2.24) is 4.90 Å². The first-order valence-corrected chi connectivity index (χ1v) is 3.09. The smallest absolute Gasteiger partial charge is 0.0598 e. The molecule has 0 spiro atoms. The van der Waals surface area contributed by atoms with Crippen LogP contribution >= 0.6 is 11.6 Å². The first-order valence-electron chi connectivity index (χ1n) is 2.55. The van der Waals surface area contributed by atoms with Gasteiger partial charge in [0.25, 0.3) is 0 Å². The Bertz CT molecular complexity index is 54.4. The zero-order valence-corrected chi connectivity index (χ0v) is 6.02. The summed E-state index contributed by atoms with van der Waals surface area (Å²) in [5.74, 6) is 0.490. The Morgan fingerprint density at radius 1 is 1.62 bits per heavy atom. The summed E-state index contributed by atoms with van der Waals surface area (Å²) in [6, 6.07) is 0.108. The first kappa shape index (κ1) is 8.21. The average Bonchev–Trinajstić information content (AvgIpc) is 1.69. The van der Waals surface area contributed by atoms with E-state index in [1.165, 1.54) is 0 Å². The van der Waals surface area contributed by atoms with Crippen molar-refractivity contribution < 1.29 is 5.11 Å². The molecular formula is C5H12ClNO. The van der Waals surface area contributed by atoms with Crippen LogP contribution in [0.15, 0.2) is 0 Å². The molecule has 0 aromatic carbocycles. The van der Waals surface area contributed by atoms with Crippen molar-refractivity contribution >= 4 is 11.6 Å². The van der Waals surface area contributed by atoms with Gasteiger partial charge in [-0.2, -0.15) is 0 Å². The van der Waals surface area contributed by atoms with E-state index in [0.717, 1.165) is 0 Å². The molecule has 0 aromatic rings. The first-order chi connectivity index (χ1) is 3.72. The Morgan fingerprint density at radius 2 is 2.12 bits per heavy atom. The van der Waals surface area contributed by atoms with Gasteiger partial charge in [-0.3, -0.25) is 0 Å². The van der Waals surface area contributed by atoms with E-state index in [2.05, 4.69) is 0 Å². The SMILES string of the molecule is CN(C)C(CO)CCl. The number of halogens is 1. The lowest BCUT2D eigenvalue weighted by atomic mass is 10.3. The van der Waals surface area contributed by atoms with Gasteiger partial charge in [0, 0.05) is 11.9 Å². The highest BCUT2D eigenvalue weighted by Gasteiger charge is 2.05. The maximum atomic E-state index is 8.57. The fraction of sp³-hybridized carbons (Fsp3) is 1.00. The molecule has 0 rings (SSSR count). The fourth-order valence-electron chi connectivity index (χ4n) is 0.350. The minimum absolute atomic E-state index is 0.108. The molecule has 0 aliphatic rings. The summed E-state index contributed by atoms with van der Waals surface area (Å²) in [6.45, 7) is 0.135. The van der Waals surface area contributed by atoms with E-state index in [4.69, 9.17) is 16.7 Å². The predicted octanol–water partition coefficient (Wildman–Crippen LogP) is 0.148. The number of hydrogen-bond donors (Lipinski definition) is 1. The molecule has 0 aromatic heterocycles. The Kier molecular flexibility index (Phi) is 4.23. The third-order valence-corrected chi connectivity index (χ3v) is 1.48. The van der Waals surface area contributed by atoms with Crippen molar-refractivity contribution in [3.63, 3.8) is 0 Å². The normalized spacial score (nSPS) is 14.6. The van der Waals surface area contributed by atoms with E-state index >= 15 is 0 Å². The number of hydrogen-bond acceptors (Lipinski definition) is 2. The van der Waals surface area contributed by atoms with Gasteiger partial charge in [-0.05, 0) is 14.1 Å². The van der Waals surface area contributed by atoms with Gasteiger partial charge >= 0.3 is 0 Å². The molecule has 0 bridgehead atoms. The molecule has 50 valence electrons. The van der Waals surface area contributed by atoms with Gasteiger partial charge in [0.05, 0.1) is 6.61 Å². The van der Waals surface area contributed by atoms with Crippen molar-refractivity contribution in [1.29, 1.82) is 0 Å². The molecule has 0 aliphatic heterocycles. The van der Waals surface area contributed by atoms with Crippen molar-refractivity contribution in [2.75, 3.05) is 26.6 Å². The maximum Gasteiger partial charge on any atom is 0.0598 e. The highest BCUT2D eigenvalue weighted by atomic mass is 35.5. The molecular weight excluding hydrogens is 126 g/mol. The summed E-state index contributed by atoms with van der Waals surface area (Å²) < 4.78 is 0. The monoisotopic (exact) mass is 137 g/mol. The number of nitrogens with zero attached hydrogens (tertiary/aromatic N) is 1. The van der Waals surface area contributed by atoms with Crippen LogP contribution < -0.4 is 0 Å². The molecule has 0 radical (unpaired) electrons. The Hall–Kier alpha value is 0.210. The topological polar surface area (TPSA) is 23.5 Å². The average molecular weight is 138 g/mol. The lowest BCUT2D eigenvalue weighted by Gasteiger charge is -2.18. The van der Waals surface area contributed by atoms with Gasteiger partial charge < -0.3 is 10.0 Å². The number of likely N-dealkylation sites (N-methyl/N-ethyl adjacent to an activating group) is 1. The zero-order valence-electron chi connectivity index (χ0n) is 5.26. The van der Waals surface area contributed by atoms with Crippen LogP contribution in [0.25, 0.3) is 0 Å². The molecule has 0 saturated carbocycles. The lowest BCUT2D eigenvalue weighted by Crippen LogP contribution is -2.32. The second kappa shape index (κ2) is 4.13. The van der Waals surface area contributed by atoms with E-state index in [0.29, 0.717) is 5.88 Å².